The molecule has 1 aromatic rings. The van der Waals surface area contributed by atoms with Gasteiger partial charge in [0.15, 0.2) is 0 Å². The number of carbonyl (C=O) groups is 1. The van der Waals surface area contributed by atoms with Gasteiger partial charge >= 0.3 is 6.03 Å². The molecule has 4 nitrogen and oxygen atoms in total. The first kappa shape index (κ1) is 13.9. The Morgan fingerprint density at radius 1 is 1.40 bits per heavy atom. The summed E-state index contributed by atoms with van der Waals surface area (Å²) in [5, 5.41) is 15.7. The number of amides is 2. The predicted octanol–water partition coefficient (Wildman–Crippen LogP) is 2.52. The van der Waals surface area contributed by atoms with Crippen molar-refractivity contribution < 1.29 is 9.90 Å². The molecule has 108 valence electrons. The zero-order valence-electron chi connectivity index (χ0n) is 11.2. The second kappa shape index (κ2) is 5.37. The summed E-state index contributed by atoms with van der Waals surface area (Å²) < 4.78 is 1.10. The van der Waals surface area contributed by atoms with E-state index in [0.29, 0.717) is 12.5 Å². The third-order valence-electron chi connectivity index (χ3n) is 4.27. The van der Waals surface area contributed by atoms with Crippen LogP contribution in [0.4, 0.5) is 4.79 Å². The fourth-order valence-corrected chi connectivity index (χ4v) is 3.28. The maximum atomic E-state index is 11.8. The lowest BCUT2D eigenvalue weighted by Gasteiger charge is -2.36. The summed E-state index contributed by atoms with van der Waals surface area (Å²) in [4.78, 5) is 11.8. The molecule has 0 aromatic heterocycles. The van der Waals surface area contributed by atoms with E-state index in [-0.39, 0.29) is 12.1 Å². The van der Waals surface area contributed by atoms with Crippen molar-refractivity contribution >= 4 is 22.0 Å². The molecule has 2 fully saturated rings. The van der Waals surface area contributed by atoms with Gasteiger partial charge in [-0.3, -0.25) is 0 Å². The summed E-state index contributed by atoms with van der Waals surface area (Å²) in [5.41, 5.74) is 0.582. The molecule has 0 radical (unpaired) electrons. The highest BCUT2D eigenvalue weighted by molar-refractivity contribution is 9.10. The van der Waals surface area contributed by atoms with Gasteiger partial charge in [-0.25, -0.2) is 4.79 Å². The van der Waals surface area contributed by atoms with Crippen LogP contribution in [-0.4, -0.2) is 29.3 Å². The number of rotatable bonds is 4. The molecule has 0 heterocycles. The average molecular weight is 339 g/mol. The van der Waals surface area contributed by atoms with E-state index in [1.54, 1.807) is 0 Å². The fraction of sp³-hybridized carbons (Fsp3) is 0.533. The summed E-state index contributed by atoms with van der Waals surface area (Å²) in [6, 6.07) is 8.14. The van der Waals surface area contributed by atoms with Gasteiger partial charge in [0.2, 0.25) is 0 Å². The van der Waals surface area contributed by atoms with Crippen LogP contribution in [0.2, 0.25) is 0 Å². The predicted molar refractivity (Wildman–Crippen MR) is 80.6 cm³/mol. The second-order valence-electron chi connectivity index (χ2n) is 5.88. The molecule has 3 rings (SSSR count). The van der Waals surface area contributed by atoms with Gasteiger partial charge in [-0.05, 0) is 37.3 Å². The van der Waals surface area contributed by atoms with E-state index in [1.165, 1.54) is 5.56 Å². The highest BCUT2D eigenvalue weighted by Crippen LogP contribution is 2.43. The maximum absolute atomic E-state index is 11.8. The van der Waals surface area contributed by atoms with E-state index in [2.05, 4.69) is 32.6 Å². The average Bonchev–Trinajstić information content (AvgIpc) is 3.13. The van der Waals surface area contributed by atoms with Crippen LogP contribution >= 0.6 is 15.9 Å². The third-order valence-corrected chi connectivity index (χ3v) is 5.00. The van der Waals surface area contributed by atoms with E-state index in [0.717, 1.165) is 30.2 Å². The molecule has 0 aliphatic heterocycles. The number of urea groups is 1. The first-order chi connectivity index (χ1) is 9.57. The minimum Gasteiger partial charge on any atom is -0.388 e. The number of nitrogens with one attached hydrogen (secondary N) is 2. The lowest BCUT2D eigenvalue weighted by molar-refractivity contribution is -0.0290. The van der Waals surface area contributed by atoms with Gasteiger partial charge in [-0.1, -0.05) is 34.1 Å². The lowest BCUT2D eigenvalue weighted by Crippen LogP contribution is -2.50. The second-order valence-corrected chi connectivity index (χ2v) is 6.73. The lowest BCUT2D eigenvalue weighted by atomic mass is 9.80. The Balaban J connectivity index is 1.46. The van der Waals surface area contributed by atoms with E-state index in [1.807, 2.05) is 18.2 Å². The van der Waals surface area contributed by atoms with Crippen molar-refractivity contribution in [1.29, 1.82) is 0 Å². The first-order valence-corrected chi connectivity index (χ1v) is 7.88. The van der Waals surface area contributed by atoms with Gasteiger partial charge in [0.1, 0.15) is 0 Å². The first-order valence-electron chi connectivity index (χ1n) is 7.09. The van der Waals surface area contributed by atoms with Crippen molar-refractivity contribution in [1.82, 2.24) is 10.6 Å². The van der Waals surface area contributed by atoms with E-state index in [4.69, 9.17) is 0 Å². The van der Waals surface area contributed by atoms with Crippen LogP contribution in [0.3, 0.4) is 0 Å². The van der Waals surface area contributed by atoms with Gasteiger partial charge in [-0.2, -0.15) is 0 Å². The zero-order valence-corrected chi connectivity index (χ0v) is 12.8. The zero-order chi connectivity index (χ0) is 14.2. The molecule has 2 saturated carbocycles. The van der Waals surface area contributed by atoms with Gasteiger partial charge in [0.05, 0.1) is 5.60 Å². The normalized spacial score (nSPS) is 26.5. The molecular weight excluding hydrogens is 320 g/mol. The molecule has 20 heavy (non-hydrogen) atoms. The highest BCUT2D eigenvalue weighted by atomic mass is 79.9. The monoisotopic (exact) mass is 338 g/mol. The van der Waals surface area contributed by atoms with Gasteiger partial charge in [-0.15, -0.1) is 0 Å². The van der Waals surface area contributed by atoms with Crippen molar-refractivity contribution in [3.8, 4) is 0 Å². The van der Waals surface area contributed by atoms with Crippen molar-refractivity contribution in [2.75, 3.05) is 6.54 Å². The molecule has 2 amide bonds. The van der Waals surface area contributed by atoms with Gasteiger partial charge in [0, 0.05) is 23.0 Å². The van der Waals surface area contributed by atoms with Crippen LogP contribution in [0.1, 0.15) is 37.2 Å². The Bertz CT molecular complexity index is 516. The van der Waals surface area contributed by atoms with Crippen molar-refractivity contribution in [3.05, 3.63) is 34.3 Å². The fourth-order valence-electron chi connectivity index (χ4n) is 2.70. The molecule has 2 atom stereocenters. The molecule has 3 N–H and O–H groups in total. The Morgan fingerprint density at radius 2 is 2.15 bits per heavy atom. The molecular formula is C15H19BrN2O2. The number of hydrogen-bond donors (Lipinski definition) is 3. The Kier molecular flexibility index (Phi) is 3.73. The molecule has 0 saturated heterocycles. The molecule has 0 spiro atoms. The Labute approximate surface area is 127 Å². The maximum Gasteiger partial charge on any atom is 0.315 e. The molecule has 0 bridgehead atoms. The summed E-state index contributed by atoms with van der Waals surface area (Å²) in [5.74, 6) is 0.392. The number of carbonyl (C=O) groups excluding carboxylic acids is 1. The summed E-state index contributed by atoms with van der Waals surface area (Å²) in [6.45, 7) is 0.352. The molecule has 5 heteroatoms. The number of halogens is 1. The smallest absolute Gasteiger partial charge is 0.315 e. The van der Waals surface area contributed by atoms with Crippen molar-refractivity contribution in [2.45, 2.75) is 43.2 Å². The van der Waals surface area contributed by atoms with Crippen LogP contribution in [0.25, 0.3) is 0 Å². The Hall–Kier alpha value is -1.07. The minimum absolute atomic E-state index is 0.176. The van der Waals surface area contributed by atoms with Crippen molar-refractivity contribution in [3.63, 3.8) is 0 Å². The SMILES string of the molecule is O=C(NCC1(O)CCC1)N[C@H]1C[C@@H]1c1ccccc1Br. The summed E-state index contributed by atoms with van der Waals surface area (Å²) in [6.07, 6.45) is 3.60. The largest absolute Gasteiger partial charge is 0.388 e. The van der Waals surface area contributed by atoms with Crippen molar-refractivity contribution in [2.24, 2.45) is 0 Å². The topological polar surface area (TPSA) is 61.4 Å². The van der Waals surface area contributed by atoms with Gasteiger partial charge in [0.25, 0.3) is 0 Å². The Morgan fingerprint density at radius 3 is 2.80 bits per heavy atom. The highest BCUT2D eigenvalue weighted by Gasteiger charge is 2.41. The number of hydrogen-bond acceptors (Lipinski definition) is 2. The standard InChI is InChI=1S/C15H19BrN2O2/c16-12-5-2-1-4-10(12)11-8-13(11)18-14(19)17-9-15(20)6-3-7-15/h1-2,4-5,11,13,20H,3,6-9H2,(H2,17,18,19)/t11-,13+/m1/s1. The molecule has 1 aromatic carbocycles. The molecule has 2 aliphatic rings. The quantitative estimate of drug-likeness (QED) is 0.789. The summed E-state index contributed by atoms with van der Waals surface area (Å²) >= 11 is 3.54. The summed E-state index contributed by atoms with van der Waals surface area (Å²) in [7, 11) is 0. The van der Waals surface area contributed by atoms with Crippen LogP contribution in [-0.2, 0) is 0 Å². The van der Waals surface area contributed by atoms with E-state index in [9.17, 15) is 9.90 Å². The van der Waals surface area contributed by atoms with Gasteiger partial charge < -0.3 is 15.7 Å². The van der Waals surface area contributed by atoms with Crippen LogP contribution in [0.15, 0.2) is 28.7 Å². The van der Waals surface area contributed by atoms with E-state index < -0.39 is 5.60 Å². The molecule has 0 unspecified atom stereocenters. The number of benzene rings is 1. The minimum atomic E-state index is -0.664. The third kappa shape index (κ3) is 2.99. The molecule has 2 aliphatic carbocycles. The van der Waals surface area contributed by atoms with Crippen LogP contribution in [0.5, 0.6) is 0 Å². The van der Waals surface area contributed by atoms with Crippen LogP contribution < -0.4 is 10.6 Å². The number of aliphatic hydroxyl groups is 1. The van der Waals surface area contributed by atoms with E-state index >= 15 is 0 Å². The van der Waals surface area contributed by atoms with Crippen LogP contribution in [0, 0.1) is 0 Å².